The Morgan fingerprint density at radius 3 is 2.56 bits per heavy atom. The molecule has 2 N–H and O–H groups in total. The maximum absolute atomic E-state index is 13.4. The number of fused-ring (bicyclic) bond motifs is 1. The number of thiophene rings is 1. The van der Waals surface area contributed by atoms with Gasteiger partial charge in [0, 0.05) is 20.6 Å². The summed E-state index contributed by atoms with van der Waals surface area (Å²) in [4.78, 5) is 13.4. The zero-order chi connectivity index (χ0) is 26.4. The van der Waals surface area contributed by atoms with Crippen molar-refractivity contribution < 1.29 is 21.9 Å². The first-order chi connectivity index (χ1) is 16.8. The van der Waals surface area contributed by atoms with Crippen LogP contribution in [-0.4, -0.2) is 56.0 Å². The van der Waals surface area contributed by atoms with Crippen LogP contribution in [0.5, 0.6) is 5.75 Å². The van der Waals surface area contributed by atoms with E-state index in [9.17, 15) is 26.7 Å². The molecule has 0 fully saturated rings. The van der Waals surface area contributed by atoms with E-state index >= 15 is 0 Å². The molecule has 11 nitrogen and oxygen atoms in total. The Morgan fingerprint density at radius 2 is 1.94 bits per heavy atom. The van der Waals surface area contributed by atoms with E-state index in [0.717, 1.165) is 10.4 Å². The Hall–Kier alpha value is -3.07. The summed E-state index contributed by atoms with van der Waals surface area (Å²) in [6.45, 7) is 4.24. The van der Waals surface area contributed by atoms with E-state index in [1.54, 1.807) is 17.5 Å². The van der Waals surface area contributed by atoms with Gasteiger partial charge in [-0.05, 0) is 42.0 Å². The maximum Gasteiger partial charge on any atom is 0.286 e. The number of sulfonamides is 2. The Bertz CT molecular complexity index is 1620. The number of nitrogens with zero attached hydrogens (tertiary/aromatic N) is 4. The SMILES string of the molecule is CC(C)CCn1nc(-c2cccs2)c(O)c(C2=NS(=O)(=O)c3cc(S(=O)(=O)N(C)C)ccc3N2)c1=O. The number of aromatic hydroxyl groups is 1. The summed E-state index contributed by atoms with van der Waals surface area (Å²) in [6.07, 6.45) is 0.630. The molecule has 0 saturated heterocycles. The summed E-state index contributed by atoms with van der Waals surface area (Å²) in [7, 11) is -5.65. The third-order valence-electron chi connectivity index (χ3n) is 5.51. The molecule has 3 aromatic rings. The zero-order valence-electron chi connectivity index (χ0n) is 20.0. The molecule has 1 aliphatic heterocycles. The van der Waals surface area contributed by atoms with Gasteiger partial charge in [-0.2, -0.15) is 13.5 Å². The fourth-order valence-electron chi connectivity index (χ4n) is 3.51. The lowest BCUT2D eigenvalue weighted by molar-refractivity contribution is 0.444. The lowest BCUT2D eigenvalue weighted by Gasteiger charge is -2.21. The summed E-state index contributed by atoms with van der Waals surface area (Å²) in [5, 5.41) is 20.0. The van der Waals surface area contributed by atoms with E-state index in [1.165, 1.54) is 42.2 Å². The van der Waals surface area contributed by atoms with Crippen molar-refractivity contribution in [3.8, 4) is 16.3 Å². The molecule has 0 unspecified atom stereocenters. The molecule has 0 bridgehead atoms. The van der Waals surface area contributed by atoms with Crippen molar-refractivity contribution in [1.29, 1.82) is 0 Å². The molecule has 0 radical (unpaired) electrons. The van der Waals surface area contributed by atoms with Crippen LogP contribution in [0.1, 0.15) is 25.8 Å². The predicted octanol–water partition coefficient (Wildman–Crippen LogP) is 2.53. The second-order valence-electron chi connectivity index (χ2n) is 8.75. The summed E-state index contributed by atoms with van der Waals surface area (Å²) < 4.78 is 57.1. The highest BCUT2D eigenvalue weighted by Gasteiger charge is 2.32. The molecule has 192 valence electrons. The summed E-state index contributed by atoms with van der Waals surface area (Å²) in [5.74, 6) is -0.599. The third-order valence-corrected chi connectivity index (χ3v) is 9.52. The number of rotatable bonds is 7. The number of amidine groups is 1. The second kappa shape index (κ2) is 9.42. The van der Waals surface area contributed by atoms with Crippen molar-refractivity contribution in [3.63, 3.8) is 0 Å². The van der Waals surface area contributed by atoms with Crippen molar-refractivity contribution in [3.05, 3.63) is 51.6 Å². The number of nitrogens with one attached hydrogen (secondary N) is 1. The predicted molar refractivity (Wildman–Crippen MR) is 138 cm³/mol. The minimum atomic E-state index is -4.42. The van der Waals surface area contributed by atoms with Crippen molar-refractivity contribution >= 4 is 42.9 Å². The van der Waals surface area contributed by atoms with E-state index in [4.69, 9.17) is 0 Å². The van der Waals surface area contributed by atoms with Gasteiger partial charge in [-0.3, -0.25) is 4.79 Å². The number of anilines is 1. The third kappa shape index (κ3) is 4.68. The van der Waals surface area contributed by atoms with Gasteiger partial charge in [0.05, 0.1) is 15.5 Å². The van der Waals surface area contributed by atoms with Crippen LogP contribution in [0, 0.1) is 5.92 Å². The van der Waals surface area contributed by atoms with Crippen molar-refractivity contribution in [2.75, 3.05) is 19.4 Å². The van der Waals surface area contributed by atoms with Crippen LogP contribution in [0.15, 0.2) is 54.7 Å². The molecule has 1 aromatic carbocycles. The highest BCUT2D eigenvalue weighted by molar-refractivity contribution is 7.91. The van der Waals surface area contributed by atoms with E-state index in [-0.39, 0.29) is 45.0 Å². The highest BCUT2D eigenvalue weighted by atomic mass is 32.2. The van der Waals surface area contributed by atoms with Gasteiger partial charge in [0.15, 0.2) is 11.6 Å². The molecule has 0 spiro atoms. The highest BCUT2D eigenvalue weighted by Crippen LogP contribution is 2.35. The standard InChI is InChI=1S/C22H25N5O6S3/c1-13(2)9-10-27-22(29)18(20(28)19(24-27)16-6-5-11-34-16)21-23-15-8-7-14(36(32,33)26(3)4)12-17(15)35(30,31)25-21/h5-8,11-13,28H,9-10H2,1-4H3,(H,23,25). The minimum Gasteiger partial charge on any atom is -0.505 e. The van der Waals surface area contributed by atoms with Gasteiger partial charge in [-0.25, -0.2) is 17.4 Å². The van der Waals surface area contributed by atoms with Crippen molar-refractivity contribution in [2.45, 2.75) is 36.6 Å². The number of hydrogen-bond donors (Lipinski definition) is 2. The number of hydrogen-bond acceptors (Lipinski definition) is 9. The molecule has 0 atom stereocenters. The molecular weight excluding hydrogens is 526 g/mol. The fourth-order valence-corrected chi connectivity index (χ4v) is 6.37. The summed E-state index contributed by atoms with van der Waals surface area (Å²) in [6, 6.07) is 7.04. The summed E-state index contributed by atoms with van der Waals surface area (Å²) in [5.41, 5.74) is -0.885. The van der Waals surface area contributed by atoms with Gasteiger partial charge in [0.1, 0.15) is 16.2 Å². The Morgan fingerprint density at radius 1 is 1.22 bits per heavy atom. The van der Waals surface area contributed by atoms with Gasteiger partial charge in [-0.1, -0.05) is 19.9 Å². The lowest BCUT2D eigenvalue weighted by atomic mass is 10.1. The van der Waals surface area contributed by atoms with Gasteiger partial charge in [0.25, 0.3) is 15.6 Å². The first-order valence-electron chi connectivity index (χ1n) is 10.9. The Kier molecular flexibility index (Phi) is 6.81. The second-order valence-corrected chi connectivity index (χ2v) is 13.4. The number of aromatic nitrogens is 2. The molecule has 0 saturated carbocycles. The van der Waals surface area contributed by atoms with Gasteiger partial charge in [0.2, 0.25) is 10.0 Å². The molecule has 0 aliphatic carbocycles. The molecule has 3 heterocycles. The molecule has 36 heavy (non-hydrogen) atoms. The van der Waals surface area contributed by atoms with E-state index < -0.39 is 31.4 Å². The van der Waals surface area contributed by atoms with Crippen LogP contribution >= 0.6 is 11.3 Å². The zero-order valence-corrected chi connectivity index (χ0v) is 22.4. The number of aryl methyl sites for hydroxylation is 1. The smallest absolute Gasteiger partial charge is 0.286 e. The average molecular weight is 552 g/mol. The van der Waals surface area contributed by atoms with Crippen LogP contribution in [0.4, 0.5) is 5.69 Å². The molecular formula is C22H25N5O6S3. The largest absolute Gasteiger partial charge is 0.505 e. The molecule has 4 rings (SSSR count). The van der Waals surface area contributed by atoms with Crippen LogP contribution in [-0.2, 0) is 26.6 Å². The maximum atomic E-state index is 13.4. The van der Waals surface area contributed by atoms with Gasteiger partial charge in [-0.15, -0.1) is 15.7 Å². The average Bonchev–Trinajstić information content (AvgIpc) is 3.32. The van der Waals surface area contributed by atoms with Crippen molar-refractivity contribution in [2.24, 2.45) is 10.3 Å². The lowest BCUT2D eigenvalue weighted by Crippen LogP contribution is -2.34. The monoisotopic (exact) mass is 551 g/mol. The topological polar surface area (TPSA) is 151 Å². The van der Waals surface area contributed by atoms with E-state index in [2.05, 4.69) is 14.8 Å². The molecule has 2 aromatic heterocycles. The Labute approximate surface area is 212 Å². The van der Waals surface area contributed by atoms with Crippen LogP contribution in [0.2, 0.25) is 0 Å². The molecule has 0 amide bonds. The Balaban J connectivity index is 1.89. The van der Waals surface area contributed by atoms with Crippen molar-refractivity contribution in [1.82, 2.24) is 14.1 Å². The quantitative estimate of drug-likeness (QED) is 0.455. The van der Waals surface area contributed by atoms with Crippen LogP contribution in [0.3, 0.4) is 0 Å². The first kappa shape index (κ1) is 26.0. The van der Waals surface area contributed by atoms with Gasteiger partial charge < -0.3 is 10.4 Å². The normalized spacial score (nSPS) is 15.0. The minimum absolute atomic E-state index is 0.0275. The number of benzene rings is 1. The molecule has 14 heteroatoms. The summed E-state index contributed by atoms with van der Waals surface area (Å²) >= 11 is 1.30. The van der Waals surface area contributed by atoms with E-state index in [0.29, 0.717) is 11.3 Å². The van der Waals surface area contributed by atoms with E-state index in [1.807, 2.05) is 13.8 Å². The molecule has 1 aliphatic rings. The fraction of sp³-hybridized carbons (Fsp3) is 0.318. The van der Waals surface area contributed by atoms with Crippen LogP contribution in [0.25, 0.3) is 10.6 Å². The first-order valence-corrected chi connectivity index (χ1v) is 14.7. The van der Waals surface area contributed by atoms with Crippen LogP contribution < -0.4 is 10.9 Å². The van der Waals surface area contributed by atoms with Gasteiger partial charge >= 0.3 is 0 Å².